The Morgan fingerprint density at radius 1 is 0.931 bits per heavy atom. The molecule has 0 fully saturated rings. The van der Waals surface area contributed by atoms with Crippen LogP contribution in [0.3, 0.4) is 0 Å². The maximum atomic E-state index is 11.0. The van der Waals surface area contributed by atoms with E-state index in [4.69, 9.17) is 18.1 Å². The van der Waals surface area contributed by atoms with Crippen molar-refractivity contribution >= 4 is 37.2 Å². The van der Waals surface area contributed by atoms with E-state index < -0.39 is 37.8 Å². The lowest BCUT2D eigenvalue weighted by molar-refractivity contribution is -0.147. The van der Waals surface area contributed by atoms with Crippen LogP contribution in [-0.4, -0.2) is 49.5 Å². The SMILES string of the molecule is C[Si](C)(C)O[Si](C=Cc1ccccc1)(CCCCCOC(=O)CO)O[Si](C)(C)C. The van der Waals surface area contributed by atoms with Gasteiger partial charge in [-0.05, 0) is 63.0 Å². The molecule has 0 aliphatic carbocycles. The van der Waals surface area contributed by atoms with Gasteiger partial charge in [0.1, 0.15) is 6.61 Å². The number of carbonyl (C=O) groups is 1. The Labute approximate surface area is 179 Å². The van der Waals surface area contributed by atoms with Crippen LogP contribution in [0.25, 0.3) is 6.08 Å². The van der Waals surface area contributed by atoms with Crippen molar-refractivity contribution in [2.75, 3.05) is 13.2 Å². The first-order chi connectivity index (χ1) is 13.4. The molecule has 1 aromatic rings. The van der Waals surface area contributed by atoms with Gasteiger partial charge in [-0.15, -0.1) is 0 Å². The normalized spacial score (nSPS) is 13.1. The van der Waals surface area contributed by atoms with Crippen molar-refractivity contribution in [2.24, 2.45) is 0 Å². The van der Waals surface area contributed by atoms with E-state index in [1.54, 1.807) is 0 Å². The molecule has 0 saturated heterocycles. The van der Waals surface area contributed by atoms with Crippen molar-refractivity contribution in [1.29, 1.82) is 0 Å². The highest BCUT2D eigenvalue weighted by molar-refractivity contribution is 6.90. The van der Waals surface area contributed by atoms with Crippen molar-refractivity contribution in [2.45, 2.75) is 64.6 Å². The zero-order valence-corrected chi connectivity index (χ0v) is 21.9. The number of rotatable bonds is 13. The zero-order chi connectivity index (χ0) is 22.0. The Hall–Kier alpha value is -1.04. The fourth-order valence-electron chi connectivity index (χ4n) is 2.98. The first-order valence-electron chi connectivity index (χ1n) is 10.4. The molecule has 1 N–H and O–H groups in total. The number of hydrogen-bond acceptors (Lipinski definition) is 5. The highest BCUT2D eigenvalue weighted by Crippen LogP contribution is 2.28. The van der Waals surface area contributed by atoms with Gasteiger partial charge in [0.25, 0.3) is 0 Å². The molecule has 29 heavy (non-hydrogen) atoms. The average Bonchev–Trinajstić information content (AvgIpc) is 2.61. The number of aliphatic hydroxyl groups excluding tert-OH is 1. The highest BCUT2D eigenvalue weighted by Gasteiger charge is 2.42. The van der Waals surface area contributed by atoms with Gasteiger partial charge in [-0.25, -0.2) is 4.79 Å². The molecule has 0 aromatic heterocycles. The molecular weight excluding hydrogens is 416 g/mol. The van der Waals surface area contributed by atoms with E-state index >= 15 is 0 Å². The molecule has 0 aliphatic heterocycles. The molecule has 0 bridgehead atoms. The molecule has 5 nitrogen and oxygen atoms in total. The molecule has 0 unspecified atom stereocenters. The maximum Gasteiger partial charge on any atom is 0.344 e. The molecule has 1 rings (SSSR count). The third-order valence-corrected chi connectivity index (χ3v) is 13.2. The summed E-state index contributed by atoms with van der Waals surface area (Å²) in [5.74, 6) is -0.566. The van der Waals surface area contributed by atoms with E-state index in [9.17, 15) is 4.79 Å². The van der Waals surface area contributed by atoms with Crippen molar-refractivity contribution in [1.82, 2.24) is 0 Å². The third-order valence-electron chi connectivity index (χ3n) is 3.85. The first kappa shape index (κ1) is 26.0. The smallest absolute Gasteiger partial charge is 0.344 e. The molecule has 0 aliphatic rings. The quantitative estimate of drug-likeness (QED) is 0.255. The number of benzene rings is 1. The standard InChI is InChI=1S/C21H38O5Si3/c1-27(2,3)25-29(26-28(4,5)6,18-15-20-13-9-7-10-14-20)17-12-8-11-16-24-21(23)19-22/h7,9-10,13-15,18,22H,8,11-12,16-17,19H2,1-6H3. The second-order valence-corrected chi connectivity index (χ2v) is 21.7. The van der Waals surface area contributed by atoms with Gasteiger partial charge in [0.15, 0.2) is 16.6 Å². The summed E-state index contributed by atoms with van der Waals surface area (Å²) in [4.78, 5) is 11.0. The summed E-state index contributed by atoms with van der Waals surface area (Å²) in [6, 6.07) is 11.2. The highest BCUT2D eigenvalue weighted by atomic mass is 28.5. The van der Waals surface area contributed by atoms with Crippen LogP contribution < -0.4 is 0 Å². The Balaban J connectivity index is 2.91. The van der Waals surface area contributed by atoms with Crippen LogP contribution in [0.15, 0.2) is 36.0 Å². The molecule has 1 aromatic carbocycles. The Morgan fingerprint density at radius 2 is 1.52 bits per heavy atom. The lowest BCUT2D eigenvalue weighted by Crippen LogP contribution is -2.53. The minimum atomic E-state index is -2.54. The predicted molar refractivity (Wildman–Crippen MR) is 127 cm³/mol. The third kappa shape index (κ3) is 12.3. The monoisotopic (exact) mass is 454 g/mol. The summed E-state index contributed by atoms with van der Waals surface area (Å²) >= 11 is 0. The Bertz CT molecular complexity index is 620. The van der Waals surface area contributed by atoms with Gasteiger partial charge in [0, 0.05) is 0 Å². The molecule has 0 amide bonds. The van der Waals surface area contributed by atoms with Crippen molar-refractivity contribution in [3.63, 3.8) is 0 Å². The molecule has 0 saturated carbocycles. The zero-order valence-electron chi connectivity index (χ0n) is 18.9. The maximum absolute atomic E-state index is 11.0. The molecular formula is C21H38O5Si3. The van der Waals surface area contributed by atoms with Gasteiger partial charge < -0.3 is 18.1 Å². The van der Waals surface area contributed by atoms with Gasteiger partial charge in [0.2, 0.25) is 0 Å². The first-order valence-corrected chi connectivity index (χ1v) is 19.3. The summed E-state index contributed by atoms with van der Waals surface area (Å²) in [5.41, 5.74) is 3.38. The molecule has 164 valence electrons. The number of carbonyl (C=O) groups excluding carboxylic acids is 1. The van der Waals surface area contributed by atoms with E-state index in [2.05, 4.69) is 63.2 Å². The van der Waals surface area contributed by atoms with Crippen LogP contribution in [0.5, 0.6) is 0 Å². The van der Waals surface area contributed by atoms with Gasteiger partial charge in [-0.1, -0.05) is 49.2 Å². The van der Waals surface area contributed by atoms with Crippen LogP contribution >= 0.6 is 0 Å². The molecule has 8 heteroatoms. The lowest BCUT2D eigenvalue weighted by Gasteiger charge is -2.39. The molecule has 0 atom stereocenters. The fourth-order valence-corrected chi connectivity index (χ4v) is 14.5. The average molecular weight is 455 g/mol. The van der Waals surface area contributed by atoms with Crippen molar-refractivity contribution in [3.05, 3.63) is 41.6 Å². The summed E-state index contributed by atoms with van der Waals surface area (Å²) in [5, 5.41) is 8.71. The fraction of sp³-hybridized carbons (Fsp3) is 0.571. The number of hydrogen-bond donors (Lipinski definition) is 1. The summed E-state index contributed by atoms with van der Waals surface area (Å²) < 4.78 is 18.5. The van der Waals surface area contributed by atoms with Crippen LogP contribution in [0.2, 0.25) is 45.3 Å². The topological polar surface area (TPSA) is 65.0 Å². The van der Waals surface area contributed by atoms with E-state index in [0.717, 1.165) is 30.9 Å². The predicted octanol–water partition coefficient (Wildman–Crippen LogP) is 5.09. The lowest BCUT2D eigenvalue weighted by atomic mass is 10.2. The number of unbranched alkanes of at least 4 members (excludes halogenated alkanes) is 2. The van der Waals surface area contributed by atoms with Crippen LogP contribution in [0.4, 0.5) is 0 Å². The number of ether oxygens (including phenoxy) is 1. The summed E-state index contributed by atoms with van der Waals surface area (Å²) in [7, 11) is -6.17. The number of aliphatic hydroxyl groups is 1. The van der Waals surface area contributed by atoms with Gasteiger partial charge in [0.05, 0.1) is 6.61 Å². The molecule has 0 heterocycles. The van der Waals surface area contributed by atoms with Crippen molar-refractivity contribution in [3.8, 4) is 0 Å². The Kier molecular flexibility index (Phi) is 10.7. The molecule has 0 radical (unpaired) electrons. The second kappa shape index (κ2) is 12.0. The van der Waals surface area contributed by atoms with E-state index in [-0.39, 0.29) is 0 Å². The summed E-state index contributed by atoms with van der Waals surface area (Å²) in [6.07, 6.45) is 4.81. The van der Waals surface area contributed by atoms with Gasteiger partial charge >= 0.3 is 14.5 Å². The van der Waals surface area contributed by atoms with Crippen LogP contribution in [0.1, 0.15) is 24.8 Å². The largest absolute Gasteiger partial charge is 0.464 e. The van der Waals surface area contributed by atoms with E-state index in [1.807, 2.05) is 18.2 Å². The Morgan fingerprint density at radius 3 is 2.03 bits per heavy atom. The van der Waals surface area contributed by atoms with Gasteiger partial charge in [-0.3, -0.25) is 0 Å². The van der Waals surface area contributed by atoms with E-state index in [0.29, 0.717) is 6.61 Å². The van der Waals surface area contributed by atoms with E-state index in [1.165, 1.54) is 0 Å². The van der Waals surface area contributed by atoms with Crippen LogP contribution in [-0.2, 0) is 17.8 Å². The summed E-state index contributed by atoms with van der Waals surface area (Å²) in [6.45, 7) is 13.1. The molecule has 0 spiro atoms. The number of esters is 1. The van der Waals surface area contributed by atoms with Gasteiger partial charge in [-0.2, -0.15) is 0 Å². The van der Waals surface area contributed by atoms with Crippen LogP contribution in [0, 0.1) is 0 Å². The van der Waals surface area contributed by atoms with Crippen molar-refractivity contribution < 1.29 is 22.9 Å². The minimum absolute atomic E-state index is 0.345. The minimum Gasteiger partial charge on any atom is -0.464 e. The second-order valence-electron chi connectivity index (χ2n) is 9.17.